The molecule has 0 bridgehead atoms. The second-order valence-electron chi connectivity index (χ2n) is 6.64. The molecule has 1 aliphatic rings. The molecule has 0 radical (unpaired) electrons. The van der Waals surface area contributed by atoms with Crippen molar-refractivity contribution in [3.05, 3.63) is 30.4 Å². The Morgan fingerprint density at radius 1 is 1.27 bits per heavy atom. The summed E-state index contributed by atoms with van der Waals surface area (Å²) in [6, 6.07) is 1.85. The summed E-state index contributed by atoms with van der Waals surface area (Å²) in [7, 11) is 1.84. The van der Waals surface area contributed by atoms with Crippen LogP contribution in [0.25, 0.3) is 5.95 Å². The highest BCUT2D eigenvalue weighted by Crippen LogP contribution is 2.34. The van der Waals surface area contributed by atoms with E-state index in [2.05, 4.69) is 10.1 Å². The largest absolute Gasteiger partial charge is 0.426 e. The van der Waals surface area contributed by atoms with Gasteiger partial charge < -0.3 is 14.6 Å². The van der Waals surface area contributed by atoms with Gasteiger partial charge in [0, 0.05) is 44.6 Å². The second kappa shape index (κ2) is 6.42. The van der Waals surface area contributed by atoms with E-state index in [9.17, 15) is 23.1 Å². The summed E-state index contributed by atoms with van der Waals surface area (Å²) in [5.74, 6) is -0.626. The number of hydrogen-bond acceptors (Lipinski definition) is 4. The van der Waals surface area contributed by atoms with Crippen molar-refractivity contribution in [3.8, 4) is 5.95 Å². The van der Waals surface area contributed by atoms with Gasteiger partial charge in [0.2, 0.25) is 11.5 Å². The Morgan fingerprint density at radius 2 is 1.92 bits per heavy atom. The van der Waals surface area contributed by atoms with Crippen LogP contribution in [0.1, 0.15) is 31.4 Å². The van der Waals surface area contributed by atoms with Gasteiger partial charge in [-0.05, 0) is 25.8 Å². The van der Waals surface area contributed by atoms with Crippen molar-refractivity contribution in [2.24, 2.45) is 7.05 Å². The monoisotopic (exact) mass is 371 g/mol. The molecular formula is C16H20F3N5O2. The van der Waals surface area contributed by atoms with Crippen LogP contribution in [0, 0.1) is 0 Å². The van der Waals surface area contributed by atoms with Crippen LogP contribution in [-0.4, -0.2) is 60.1 Å². The standard InChI is InChI=1S/C16H20F3N5O2/c1-15(26,16(17,18)19)13(25)23-8-4-11(5-9-23)12-3-6-21-24(12)14-20-7-10-22(14)2/h3,6-7,10-11,26H,4-5,8-9H2,1-2H3/t15-/m1/s1. The third-order valence-corrected chi connectivity index (χ3v) is 4.83. The minimum atomic E-state index is -5.00. The number of aryl methyl sites for hydroxylation is 1. The van der Waals surface area contributed by atoms with Gasteiger partial charge in [0.15, 0.2) is 0 Å². The Hall–Kier alpha value is -2.36. The molecule has 1 atom stereocenters. The quantitative estimate of drug-likeness (QED) is 0.890. The van der Waals surface area contributed by atoms with Gasteiger partial charge in [-0.3, -0.25) is 4.79 Å². The number of hydrogen-bond donors (Lipinski definition) is 1. The summed E-state index contributed by atoms with van der Waals surface area (Å²) < 4.78 is 42.1. The molecule has 1 amide bonds. The number of aliphatic hydroxyl groups is 1. The fraction of sp³-hybridized carbons (Fsp3) is 0.562. The van der Waals surface area contributed by atoms with Crippen LogP contribution in [0.2, 0.25) is 0 Å². The van der Waals surface area contributed by atoms with Gasteiger partial charge in [0.05, 0.1) is 5.69 Å². The van der Waals surface area contributed by atoms with E-state index in [0.717, 1.165) is 10.6 Å². The lowest BCUT2D eigenvalue weighted by atomic mass is 9.92. The SMILES string of the molecule is Cn1ccnc1-n1nccc1C1CCN(C(=O)[C@@](C)(O)C(F)(F)F)CC1. The first-order valence-electron chi connectivity index (χ1n) is 8.23. The van der Waals surface area contributed by atoms with E-state index in [1.165, 1.54) is 0 Å². The zero-order chi connectivity index (χ0) is 19.1. The summed E-state index contributed by atoms with van der Waals surface area (Å²) in [5.41, 5.74) is -2.47. The zero-order valence-corrected chi connectivity index (χ0v) is 14.4. The molecule has 1 fully saturated rings. The number of halogens is 3. The molecule has 0 saturated carbocycles. The van der Waals surface area contributed by atoms with Gasteiger partial charge in [-0.25, -0.2) is 9.67 Å². The highest BCUT2D eigenvalue weighted by molar-refractivity contribution is 5.85. The molecule has 0 aliphatic carbocycles. The Labute approximate surface area is 148 Å². The molecule has 142 valence electrons. The lowest BCUT2D eigenvalue weighted by Crippen LogP contribution is -2.57. The van der Waals surface area contributed by atoms with E-state index in [1.807, 2.05) is 17.7 Å². The van der Waals surface area contributed by atoms with Crippen molar-refractivity contribution in [1.29, 1.82) is 0 Å². The summed E-state index contributed by atoms with van der Waals surface area (Å²) in [6.45, 7) is 0.778. The molecule has 3 heterocycles. The van der Waals surface area contributed by atoms with E-state index >= 15 is 0 Å². The average Bonchev–Trinajstić information content (AvgIpc) is 3.21. The lowest BCUT2D eigenvalue weighted by molar-refractivity contribution is -0.250. The number of aromatic nitrogens is 4. The molecule has 10 heteroatoms. The predicted molar refractivity (Wildman–Crippen MR) is 85.6 cm³/mol. The summed E-state index contributed by atoms with van der Waals surface area (Å²) in [6.07, 6.45) is 1.06. The average molecular weight is 371 g/mol. The molecule has 0 spiro atoms. The summed E-state index contributed by atoms with van der Waals surface area (Å²) >= 11 is 0. The number of nitrogens with zero attached hydrogens (tertiary/aromatic N) is 5. The Balaban J connectivity index is 1.72. The first kappa shape index (κ1) is 18.4. The van der Waals surface area contributed by atoms with E-state index in [0.29, 0.717) is 25.7 Å². The van der Waals surface area contributed by atoms with Gasteiger partial charge in [-0.15, -0.1) is 0 Å². The third kappa shape index (κ3) is 3.09. The van der Waals surface area contributed by atoms with Crippen molar-refractivity contribution in [2.45, 2.75) is 37.5 Å². The van der Waals surface area contributed by atoms with Crippen molar-refractivity contribution < 1.29 is 23.1 Å². The normalized spacial score (nSPS) is 18.8. The fourth-order valence-electron chi connectivity index (χ4n) is 3.16. The minimum Gasteiger partial charge on any atom is -0.373 e. The number of alkyl halides is 3. The molecule has 1 aliphatic heterocycles. The number of carbonyl (C=O) groups is 1. The summed E-state index contributed by atoms with van der Waals surface area (Å²) in [4.78, 5) is 17.4. The number of rotatable bonds is 3. The minimum absolute atomic E-state index is 0.0362. The molecule has 26 heavy (non-hydrogen) atoms. The second-order valence-corrected chi connectivity index (χ2v) is 6.64. The topological polar surface area (TPSA) is 76.2 Å². The van der Waals surface area contributed by atoms with Gasteiger partial charge in [0.25, 0.3) is 5.91 Å². The Bertz CT molecular complexity index is 788. The van der Waals surface area contributed by atoms with Crippen LogP contribution in [0.3, 0.4) is 0 Å². The third-order valence-electron chi connectivity index (χ3n) is 4.83. The number of amides is 1. The molecule has 1 saturated heterocycles. The number of likely N-dealkylation sites (tertiary alicyclic amines) is 1. The van der Waals surface area contributed by atoms with Gasteiger partial charge in [-0.2, -0.15) is 18.3 Å². The fourth-order valence-corrected chi connectivity index (χ4v) is 3.16. The molecular weight excluding hydrogens is 351 g/mol. The number of carbonyl (C=O) groups excluding carboxylic acids is 1. The van der Waals surface area contributed by atoms with E-state index in [-0.39, 0.29) is 19.0 Å². The van der Waals surface area contributed by atoms with E-state index in [1.54, 1.807) is 23.3 Å². The molecule has 2 aromatic heterocycles. The molecule has 1 N–H and O–H groups in total. The van der Waals surface area contributed by atoms with Gasteiger partial charge >= 0.3 is 6.18 Å². The summed E-state index contributed by atoms with van der Waals surface area (Å²) in [5, 5.41) is 13.9. The smallest absolute Gasteiger partial charge is 0.373 e. The van der Waals surface area contributed by atoms with Crippen LogP contribution in [0.5, 0.6) is 0 Å². The highest BCUT2D eigenvalue weighted by atomic mass is 19.4. The molecule has 2 aromatic rings. The molecule has 0 unspecified atom stereocenters. The first-order valence-corrected chi connectivity index (χ1v) is 8.23. The van der Waals surface area contributed by atoms with Crippen molar-refractivity contribution in [3.63, 3.8) is 0 Å². The van der Waals surface area contributed by atoms with Crippen LogP contribution in [-0.2, 0) is 11.8 Å². The van der Waals surface area contributed by atoms with Crippen molar-refractivity contribution >= 4 is 5.91 Å². The Kier molecular flexibility index (Phi) is 4.55. The maximum absolute atomic E-state index is 12.9. The van der Waals surface area contributed by atoms with Crippen LogP contribution in [0.15, 0.2) is 24.7 Å². The van der Waals surface area contributed by atoms with Crippen molar-refractivity contribution in [2.75, 3.05) is 13.1 Å². The predicted octanol–water partition coefficient (Wildman–Crippen LogP) is 1.63. The number of imidazole rings is 1. The lowest BCUT2D eigenvalue weighted by Gasteiger charge is -2.36. The maximum atomic E-state index is 12.9. The number of piperidine rings is 1. The van der Waals surface area contributed by atoms with Crippen LogP contribution in [0.4, 0.5) is 13.2 Å². The van der Waals surface area contributed by atoms with Crippen molar-refractivity contribution in [1.82, 2.24) is 24.2 Å². The van der Waals surface area contributed by atoms with Crippen LogP contribution >= 0.6 is 0 Å². The molecule has 0 aromatic carbocycles. The van der Waals surface area contributed by atoms with Gasteiger partial charge in [-0.1, -0.05) is 0 Å². The highest BCUT2D eigenvalue weighted by Gasteiger charge is 2.57. The van der Waals surface area contributed by atoms with Crippen LogP contribution < -0.4 is 0 Å². The molecule has 3 rings (SSSR count). The Morgan fingerprint density at radius 3 is 2.46 bits per heavy atom. The molecule has 7 nitrogen and oxygen atoms in total. The van der Waals surface area contributed by atoms with E-state index in [4.69, 9.17) is 0 Å². The maximum Gasteiger partial charge on any atom is 0.426 e. The zero-order valence-electron chi connectivity index (χ0n) is 14.4. The first-order chi connectivity index (χ1) is 12.1. The van der Waals surface area contributed by atoms with E-state index < -0.39 is 17.7 Å². The van der Waals surface area contributed by atoms with Gasteiger partial charge in [0.1, 0.15) is 0 Å².